The Morgan fingerprint density at radius 1 is 1.15 bits per heavy atom. The van der Waals surface area contributed by atoms with E-state index in [0.29, 0.717) is 11.9 Å². The molecule has 0 saturated heterocycles. The van der Waals surface area contributed by atoms with Crippen molar-refractivity contribution in [2.24, 2.45) is 22.7 Å². The summed E-state index contributed by atoms with van der Waals surface area (Å²) >= 11 is 0. The number of halogens is 4. The number of nitrogens with zero attached hydrogens (tertiary/aromatic N) is 1. The summed E-state index contributed by atoms with van der Waals surface area (Å²) in [4.78, 5) is 3.97. The van der Waals surface area contributed by atoms with Gasteiger partial charge in [0.15, 0.2) is 5.96 Å². The minimum absolute atomic E-state index is 0. The number of alkyl halides is 3. The minimum atomic E-state index is -4.11. The fourth-order valence-electron chi connectivity index (χ4n) is 2.52. The van der Waals surface area contributed by atoms with Crippen LogP contribution in [-0.4, -0.2) is 32.3 Å². The fraction of sp³-hybridized carbons (Fsp3) is 0.923. The first-order valence-corrected chi connectivity index (χ1v) is 7.01. The van der Waals surface area contributed by atoms with E-state index < -0.39 is 12.6 Å². The van der Waals surface area contributed by atoms with Crippen molar-refractivity contribution in [1.29, 1.82) is 0 Å². The molecular formula is C13H23F3IN3. The van der Waals surface area contributed by atoms with E-state index in [1.807, 2.05) is 0 Å². The summed E-state index contributed by atoms with van der Waals surface area (Å²) < 4.78 is 36.2. The van der Waals surface area contributed by atoms with Gasteiger partial charge in [-0.3, -0.25) is 4.99 Å². The van der Waals surface area contributed by atoms with Gasteiger partial charge in [0.05, 0.1) is 6.42 Å². The quantitative estimate of drug-likeness (QED) is 0.405. The van der Waals surface area contributed by atoms with Crippen molar-refractivity contribution in [3.05, 3.63) is 0 Å². The molecule has 118 valence electrons. The minimum Gasteiger partial charge on any atom is -0.356 e. The van der Waals surface area contributed by atoms with Crippen LogP contribution in [0.4, 0.5) is 13.2 Å². The molecule has 0 atom stereocenters. The van der Waals surface area contributed by atoms with Crippen LogP contribution in [0.2, 0.25) is 0 Å². The van der Waals surface area contributed by atoms with Crippen molar-refractivity contribution in [3.63, 3.8) is 0 Å². The molecule has 0 aromatic carbocycles. The molecule has 2 aliphatic rings. The van der Waals surface area contributed by atoms with Crippen LogP contribution >= 0.6 is 24.0 Å². The Bertz CT molecular complexity index is 313. The lowest BCUT2D eigenvalue weighted by Crippen LogP contribution is -2.41. The molecule has 0 heterocycles. The largest absolute Gasteiger partial charge is 0.390 e. The van der Waals surface area contributed by atoms with Gasteiger partial charge in [0.2, 0.25) is 0 Å². The predicted molar refractivity (Wildman–Crippen MR) is 84.4 cm³/mol. The molecule has 0 spiro atoms. The molecular weight excluding hydrogens is 382 g/mol. The molecule has 0 aromatic rings. The summed E-state index contributed by atoms with van der Waals surface area (Å²) in [6.45, 7) is 0.710. The van der Waals surface area contributed by atoms with E-state index in [9.17, 15) is 13.2 Å². The topological polar surface area (TPSA) is 36.4 Å². The van der Waals surface area contributed by atoms with Gasteiger partial charge in [0, 0.05) is 20.1 Å². The molecule has 2 fully saturated rings. The average Bonchev–Trinajstić information content (AvgIpc) is 3.18. The Morgan fingerprint density at radius 2 is 1.70 bits per heavy atom. The van der Waals surface area contributed by atoms with E-state index in [1.165, 1.54) is 25.7 Å². The van der Waals surface area contributed by atoms with Gasteiger partial charge in [-0.1, -0.05) is 0 Å². The first-order valence-electron chi connectivity index (χ1n) is 7.01. The Balaban J connectivity index is 0.00000200. The molecule has 0 radical (unpaired) electrons. The van der Waals surface area contributed by atoms with Crippen LogP contribution in [0.25, 0.3) is 0 Å². The van der Waals surface area contributed by atoms with Crippen LogP contribution in [-0.2, 0) is 0 Å². The highest BCUT2D eigenvalue weighted by Gasteiger charge is 2.41. The zero-order chi connectivity index (χ0) is 13.9. The molecule has 2 rings (SSSR count). The summed E-state index contributed by atoms with van der Waals surface area (Å²) in [5, 5.41) is 5.89. The zero-order valence-electron chi connectivity index (χ0n) is 11.7. The van der Waals surface area contributed by atoms with Crippen molar-refractivity contribution < 1.29 is 13.2 Å². The van der Waals surface area contributed by atoms with Gasteiger partial charge in [0.1, 0.15) is 0 Å². The van der Waals surface area contributed by atoms with Gasteiger partial charge < -0.3 is 10.6 Å². The van der Waals surface area contributed by atoms with Crippen LogP contribution in [0.3, 0.4) is 0 Å². The summed E-state index contributed by atoms with van der Waals surface area (Å²) in [6, 6.07) is 0. The standard InChI is InChI=1S/C13H22F3N3.HI/c1-17-12(18-7-6-13(14,15)16)19-8-11(9-2-3-9)10-4-5-10;/h9-11H,2-8H2,1H3,(H2,17,18,19);1H. The maximum atomic E-state index is 12.1. The number of guanidine groups is 1. The Labute approximate surface area is 135 Å². The number of hydrogen-bond donors (Lipinski definition) is 2. The van der Waals surface area contributed by atoms with Crippen molar-refractivity contribution in [2.45, 2.75) is 38.3 Å². The smallest absolute Gasteiger partial charge is 0.356 e. The lowest BCUT2D eigenvalue weighted by Gasteiger charge is -2.19. The molecule has 20 heavy (non-hydrogen) atoms. The van der Waals surface area contributed by atoms with E-state index in [4.69, 9.17) is 0 Å². The predicted octanol–water partition coefficient (Wildman–Crippen LogP) is 3.16. The van der Waals surface area contributed by atoms with Crippen molar-refractivity contribution in [1.82, 2.24) is 10.6 Å². The highest BCUT2D eigenvalue weighted by Crippen LogP contribution is 2.48. The highest BCUT2D eigenvalue weighted by molar-refractivity contribution is 14.0. The summed E-state index contributed by atoms with van der Waals surface area (Å²) in [5.41, 5.74) is 0. The van der Waals surface area contributed by atoms with Gasteiger partial charge >= 0.3 is 6.18 Å². The lowest BCUT2D eigenvalue weighted by molar-refractivity contribution is -0.132. The van der Waals surface area contributed by atoms with Crippen LogP contribution in [0.5, 0.6) is 0 Å². The van der Waals surface area contributed by atoms with E-state index in [0.717, 1.165) is 18.4 Å². The zero-order valence-corrected chi connectivity index (χ0v) is 14.0. The van der Waals surface area contributed by atoms with E-state index in [1.54, 1.807) is 7.05 Å². The van der Waals surface area contributed by atoms with Crippen LogP contribution < -0.4 is 10.6 Å². The molecule has 0 aromatic heterocycles. The maximum Gasteiger partial charge on any atom is 0.390 e. The van der Waals surface area contributed by atoms with Gasteiger partial charge in [-0.2, -0.15) is 13.2 Å². The fourth-order valence-corrected chi connectivity index (χ4v) is 2.52. The summed E-state index contributed by atoms with van der Waals surface area (Å²) in [5.74, 6) is 2.82. The van der Waals surface area contributed by atoms with Crippen LogP contribution in [0.1, 0.15) is 32.1 Å². The molecule has 0 bridgehead atoms. The summed E-state index contributed by atoms with van der Waals surface area (Å²) in [6.07, 6.45) is 0.288. The molecule has 0 amide bonds. The third kappa shape index (κ3) is 6.49. The monoisotopic (exact) mass is 405 g/mol. The van der Waals surface area contributed by atoms with Crippen LogP contribution in [0, 0.1) is 17.8 Å². The Hall–Kier alpha value is -0.210. The van der Waals surface area contributed by atoms with E-state index in [2.05, 4.69) is 15.6 Å². The molecule has 2 aliphatic carbocycles. The second-order valence-electron chi connectivity index (χ2n) is 5.58. The third-order valence-electron chi connectivity index (χ3n) is 3.88. The second-order valence-corrected chi connectivity index (χ2v) is 5.58. The number of aliphatic imine (C=N–C) groups is 1. The van der Waals surface area contributed by atoms with E-state index >= 15 is 0 Å². The first kappa shape index (κ1) is 17.8. The number of hydrogen-bond acceptors (Lipinski definition) is 1. The number of rotatable bonds is 6. The second kappa shape index (κ2) is 7.70. The summed E-state index contributed by atoms with van der Waals surface area (Å²) in [7, 11) is 1.59. The van der Waals surface area contributed by atoms with E-state index in [-0.39, 0.29) is 30.5 Å². The molecule has 2 saturated carbocycles. The van der Waals surface area contributed by atoms with Crippen molar-refractivity contribution >= 4 is 29.9 Å². The number of nitrogens with one attached hydrogen (secondary N) is 2. The molecule has 0 aliphatic heterocycles. The van der Waals surface area contributed by atoms with Crippen molar-refractivity contribution in [3.8, 4) is 0 Å². The highest BCUT2D eigenvalue weighted by atomic mass is 127. The average molecular weight is 405 g/mol. The third-order valence-corrected chi connectivity index (χ3v) is 3.88. The van der Waals surface area contributed by atoms with Gasteiger partial charge in [0.25, 0.3) is 0 Å². The Morgan fingerprint density at radius 3 is 2.10 bits per heavy atom. The lowest BCUT2D eigenvalue weighted by atomic mass is 9.98. The van der Waals surface area contributed by atoms with Gasteiger partial charge in [-0.25, -0.2) is 0 Å². The first-order chi connectivity index (χ1) is 8.99. The van der Waals surface area contributed by atoms with Gasteiger partial charge in [-0.15, -0.1) is 24.0 Å². The maximum absolute atomic E-state index is 12.1. The molecule has 2 N–H and O–H groups in total. The van der Waals surface area contributed by atoms with Crippen LogP contribution in [0.15, 0.2) is 4.99 Å². The Kier molecular flexibility index (Phi) is 6.87. The normalized spacial score (nSPS) is 19.8. The molecule has 0 unspecified atom stereocenters. The molecule has 3 nitrogen and oxygen atoms in total. The van der Waals surface area contributed by atoms with Crippen molar-refractivity contribution in [2.75, 3.05) is 20.1 Å². The molecule has 7 heteroatoms. The van der Waals surface area contributed by atoms with Gasteiger partial charge in [-0.05, 0) is 43.4 Å². The SMILES string of the molecule is CN=C(NCCC(F)(F)F)NCC(C1CC1)C1CC1.I.